The van der Waals surface area contributed by atoms with Gasteiger partial charge in [0.1, 0.15) is 5.75 Å². The number of esters is 1. The molecule has 0 unspecified atom stereocenters. The van der Waals surface area contributed by atoms with Crippen LogP contribution < -0.4 is 4.74 Å². The molecule has 0 bridgehead atoms. The molecule has 0 saturated carbocycles. The standard InChI is InChI=1S/C21H18N2O4/c1-13-20(17-5-3-4-6-18(17)23-13)21(25)14(2)27-19(24)12-26-16-9-7-15(11-22)8-10-16/h3-10,14,23H,12H2,1-2H3/t14-/m0/s1. The molecule has 3 aromatic rings. The van der Waals surface area contributed by atoms with E-state index in [0.717, 1.165) is 16.6 Å². The molecule has 0 radical (unpaired) electrons. The Balaban J connectivity index is 1.62. The summed E-state index contributed by atoms with van der Waals surface area (Å²) in [6, 6.07) is 15.9. The maximum absolute atomic E-state index is 12.8. The molecule has 3 rings (SSSR count). The zero-order valence-corrected chi connectivity index (χ0v) is 15.0. The Morgan fingerprint density at radius 2 is 1.85 bits per heavy atom. The van der Waals surface area contributed by atoms with Crippen molar-refractivity contribution >= 4 is 22.7 Å². The lowest BCUT2D eigenvalue weighted by molar-refractivity contribution is -0.148. The van der Waals surface area contributed by atoms with Gasteiger partial charge >= 0.3 is 5.97 Å². The number of Topliss-reactive ketones (excluding diaryl/α,β-unsaturated/α-hetero) is 1. The van der Waals surface area contributed by atoms with Gasteiger partial charge in [0, 0.05) is 22.2 Å². The van der Waals surface area contributed by atoms with Crippen molar-refractivity contribution in [2.24, 2.45) is 0 Å². The van der Waals surface area contributed by atoms with Crippen molar-refractivity contribution in [3.05, 3.63) is 65.4 Å². The average Bonchev–Trinajstić information content (AvgIpc) is 3.01. The van der Waals surface area contributed by atoms with E-state index in [1.165, 1.54) is 0 Å². The van der Waals surface area contributed by atoms with Gasteiger partial charge in [0.25, 0.3) is 0 Å². The van der Waals surface area contributed by atoms with Crippen molar-refractivity contribution in [2.75, 3.05) is 6.61 Å². The van der Waals surface area contributed by atoms with Crippen LogP contribution in [0.15, 0.2) is 48.5 Å². The number of H-pyrrole nitrogens is 1. The number of nitriles is 1. The van der Waals surface area contributed by atoms with Crippen molar-refractivity contribution in [2.45, 2.75) is 20.0 Å². The molecule has 1 heterocycles. The first-order chi connectivity index (χ1) is 13.0. The first-order valence-electron chi connectivity index (χ1n) is 8.43. The molecule has 0 amide bonds. The van der Waals surface area contributed by atoms with Crippen LogP contribution in [0.5, 0.6) is 5.75 Å². The Labute approximate surface area is 156 Å². The largest absolute Gasteiger partial charge is 0.482 e. The summed E-state index contributed by atoms with van der Waals surface area (Å²) in [6.45, 7) is 3.04. The highest BCUT2D eigenvalue weighted by molar-refractivity contribution is 6.11. The normalized spacial score (nSPS) is 11.6. The minimum atomic E-state index is -0.931. The van der Waals surface area contributed by atoms with Gasteiger partial charge in [-0.1, -0.05) is 18.2 Å². The Hall–Kier alpha value is -3.59. The molecule has 6 heteroatoms. The Morgan fingerprint density at radius 3 is 2.56 bits per heavy atom. The van der Waals surface area contributed by atoms with E-state index in [0.29, 0.717) is 16.9 Å². The lowest BCUT2D eigenvalue weighted by atomic mass is 10.0. The van der Waals surface area contributed by atoms with Crippen LogP contribution in [-0.4, -0.2) is 29.4 Å². The molecule has 2 aromatic carbocycles. The summed E-state index contributed by atoms with van der Waals surface area (Å²) in [4.78, 5) is 27.9. The number of carbonyl (C=O) groups is 2. The van der Waals surface area contributed by atoms with Crippen molar-refractivity contribution in [3.63, 3.8) is 0 Å². The highest BCUT2D eigenvalue weighted by Crippen LogP contribution is 2.23. The van der Waals surface area contributed by atoms with Gasteiger partial charge in [-0.3, -0.25) is 4.79 Å². The summed E-state index contributed by atoms with van der Waals surface area (Å²) in [6.07, 6.45) is -0.931. The first kappa shape index (κ1) is 18.2. The van der Waals surface area contributed by atoms with Crippen LogP contribution in [0, 0.1) is 18.3 Å². The third-order valence-corrected chi connectivity index (χ3v) is 4.16. The number of aromatic amines is 1. The number of para-hydroxylation sites is 1. The number of benzene rings is 2. The molecule has 0 aliphatic rings. The van der Waals surface area contributed by atoms with Gasteiger partial charge in [0.2, 0.25) is 5.78 Å². The number of rotatable bonds is 6. The van der Waals surface area contributed by atoms with Gasteiger partial charge in [0.05, 0.1) is 11.6 Å². The van der Waals surface area contributed by atoms with Crippen LogP contribution in [0.3, 0.4) is 0 Å². The van der Waals surface area contributed by atoms with Crippen LogP contribution in [0.25, 0.3) is 10.9 Å². The smallest absolute Gasteiger partial charge is 0.344 e. The minimum absolute atomic E-state index is 0.267. The molecule has 0 aliphatic carbocycles. The lowest BCUT2D eigenvalue weighted by Crippen LogP contribution is -2.27. The highest BCUT2D eigenvalue weighted by atomic mass is 16.6. The third-order valence-electron chi connectivity index (χ3n) is 4.16. The Bertz CT molecular complexity index is 1030. The van der Waals surface area contributed by atoms with Crippen LogP contribution in [-0.2, 0) is 9.53 Å². The number of hydrogen-bond acceptors (Lipinski definition) is 5. The van der Waals surface area contributed by atoms with Crippen molar-refractivity contribution in [1.82, 2.24) is 4.98 Å². The Morgan fingerprint density at radius 1 is 1.15 bits per heavy atom. The van der Waals surface area contributed by atoms with Crippen LogP contribution >= 0.6 is 0 Å². The summed E-state index contributed by atoms with van der Waals surface area (Å²) >= 11 is 0. The van der Waals surface area contributed by atoms with E-state index in [-0.39, 0.29) is 12.4 Å². The number of nitrogens with one attached hydrogen (secondary N) is 1. The molecule has 0 fully saturated rings. The SMILES string of the molecule is Cc1[nH]c2ccccc2c1C(=O)[C@H](C)OC(=O)COc1ccc(C#N)cc1. The second kappa shape index (κ2) is 7.75. The molecule has 0 saturated heterocycles. The number of ether oxygens (including phenoxy) is 2. The van der Waals surface area contributed by atoms with E-state index < -0.39 is 12.1 Å². The predicted molar refractivity (Wildman–Crippen MR) is 99.6 cm³/mol. The molecule has 0 aliphatic heterocycles. The number of aryl methyl sites for hydroxylation is 1. The quantitative estimate of drug-likeness (QED) is 0.535. The van der Waals surface area contributed by atoms with Gasteiger partial charge in [-0.05, 0) is 44.2 Å². The lowest BCUT2D eigenvalue weighted by Gasteiger charge is -2.13. The topological polar surface area (TPSA) is 92.2 Å². The van der Waals surface area contributed by atoms with Crippen LogP contribution in [0.1, 0.15) is 28.5 Å². The van der Waals surface area contributed by atoms with Crippen molar-refractivity contribution in [1.29, 1.82) is 5.26 Å². The number of carbonyl (C=O) groups excluding carboxylic acids is 2. The zero-order chi connectivity index (χ0) is 19.4. The monoisotopic (exact) mass is 362 g/mol. The van der Waals surface area contributed by atoms with Gasteiger partial charge in [-0.2, -0.15) is 5.26 Å². The van der Waals surface area contributed by atoms with Crippen LogP contribution in [0.2, 0.25) is 0 Å². The van der Waals surface area contributed by atoms with Gasteiger partial charge in [0.15, 0.2) is 12.7 Å². The summed E-state index contributed by atoms with van der Waals surface area (Å²) in [5.74, 6) is -0.466. The summed E-state index contributed by atoms with van der Waals surface area (Å²) < 4.78 is 10.6. The number of ketones is 1. The molecule has 1 atom stereocenters. The van der Waals surface area contributed by atoms with E-state index >= 15 is 0 Å². The molecular formula is C21H18N2O4. The fraction of sp³-hybridized carbons (Fsp3) is 0.190. The average molecular weight is 362 g/mol. The van der Waals surface area contributed by atoms with Crippen molar-refractivity contribution in [3.8, 4) is 11.8 Å². The fourth-order valence-corrected chi connectivity index (χ4v) is 2.85. The summed E-state index contributed by atoms with van der Waals surface area (Å²) in [5.41, 5.74) is 2.62. The third kappa shape index (κ3) is 3.98. The van der Waals surface area contributed by atoms with Gasteiger partial charge in [-0.25, -0.2) is 4.79 Å². The number of hydrogen-bond donors (Lipinski definition) is 1. The maximum atomic E-state index is 12.8. The fourth-order valence-electron chi connectivity index (χ4n) is 2.85. The molecule has 136 valence electrons. The number of fused-ring (bicyclic) bond motifs is 1. The molecule has 0 spiro atoms. The second-order valence-electron chi connectivity index (χ2n) is 6.09. The van der Waals surface area contributed by atoms with E-state index in [1.54, 1.807) is 31.2 Å². The predicted octanol–water partition coefficient (Wildman–Crippen LogP) is 3.54. The maximum Gasteiger partial charge on any atom is 0.344 e. The van der Waals surface area contributed by atoms with E-state index in [4.69, 9.17) is 14.7 Å². The second-order valence-corrected chi connectivity index (χ2v) is 6.09. The minimum Gasteiger partial charge on any atom is -0.482 e. The zero-order valence-electron chi connectivity index (χ0n) is 15.0. The molecule has 1 N–H and O–H groups in total. The van der Waals surface area contributed by atoms with Crippen molar-refractivity contribution < 1.29 is 19.1 Å². The first-order valence-corrected chi connectivity index (χ1v) is 8.43. The highest BCUT2D eigenvalue weighted by Gasteiger charge is 2.24. The van der Waals surface area contributed by atoms with E-state index in [2.05, 4.69) is 4.98 Å². The van der Waals surface area contributed by atoms with Crippen LogP contribution in [0.4, 0.5) is 0 Å². The number of aromatic nitrogens is 1. The molecule has 27 heavy (non-hydrogen) atoms. The van der Waals surface area contributed by atoms with E-state index in [9.17, 15) is 9.59 Å². The molecule has 6 nitrogen and oxygen atoms in total. The molecule has 1 aromatic heterocycles. The van der Waals surface area contributed by atoms with Gasteiger partial charge in [-0.15, -0.1) is 0 Å². The molecular weight excluding hydrogens is 344 g/mol. The van der Waals surface area contributed by atoms with E-state index in [1.807, 2.05) is 37.3 Å². The summed E-state index contributed by atoms with van der Waals surface area (Å²) in [5, 5.41) is 9.57. The number of nitrogens with zero attached hydrogens (tertiary/aromatic N) is 1. The summed E-state index contributed by atoms with van der Waals surface area (Å²) in [7, 11) is 0. The van der Waals surface area contributed by atoms with Gasteiger partial charge < -0.3 is 14.5 Å². The Kier molecular flexibility index (Phi) is 5.23.